The number of rotatable bonds is 1. The van der Waals surface area contributed by atoms with Gasteiger partial charge in [0.05, 0.1) is 11.1 Å². The van der Waals surface area contributed by atoms with Gasteiger partial charge in [0.1, 0.15) is 0 Å². The Morgan fingerprint density at radius 3 is 2.35 bits per heavy atom. The predicted octanol–water partition coefficient (Wildman–Crippen LogP) is 1.03. The Bertz CT molecular complexity index is 623. The lowest BCUT2D eigenvalue weighted by Gasteiger charge is -2.03. The molecule has 3 rings (SSSR count). The van der Waals surface area contributed by atoms with Crippen molar-refractivity contribution in [2.45, 2.75) is 0 Å². The summed E-state index contributed by atoms with van der Waals surface area (Å²) in [6.45, 7) is 0. The summed E-state index contributed by atoms with van der Waals surface area (Å²) in [5, 5.41) is 2.26. The zero-order chi connectivity index (χ0) is 11.8. The van der Waals surface area contributed by atoms with Crippen molar-refractivity contribution in [3.63, 3.8) is 0 Å². The summed E-state index contributed by atoms with van der Waals surface area (Å²) in [6, 6.07) is 6.74. The van der Waals surface area contributed by atoms with Crippen LogP contribution in [0.25, 0.3) is 11.4 Å². The predicted molar refractivity (Wildman–Crippen MR) is 59.3 cm³/mol. The molecule has 0 atom stereocenters. The van der Waals surface area contributed by atoms with Crippen LogP contribution in [-0.4, -0.2) is 21.8 Å². The largest absolute Gasteiger partial charge is 0.288 e. The van der Waals surface area contributed by atoms with Gasteiger partial charge in [-0.3, -0.25) is 14.9 Å². The van der Waals surface area contributed by atoms with Gasteiger partial charge in [0.2, 0.25) is 0 Å². The van der Waals surface area contributed by atoms with Crippen LogP contribution in [0.2, 0.25) is 0 Å². The monoisotopic (exact) mass is 225 g/mol. The Labute approximate surface area is 96.5 Å². The maximum Gasteiger partial charge on any atom is 0.259 e. The third-order valence-corrected chi connectivity index (χ3v) is 2.57. The molecule has 0 radical (unpaired) electrons. The van der Waals surface area contributed by atoms with Gasteiger partial charge in [-0.05, 0) is 12.1 Å². The molecule has 0 bridgehead atoms. The van der Waals surface area contributed by atoms with Crippen LogP contribution in [0.1, 0.15) is 20.7 Å². The molecule has 0 aliphatic carbocycles. The molecule has 82 valence electrons. The molecule has 17 heavy (non-hydrogen) atoms. The molecule has 1 aliphatic heterocycles. The second-order valence-corrected chi connectivity index (χ2v) is 3.58. The molecule has 0 spiro atoms. The third-order valence-electron chi connectivity index (χ3n) is 2.57. The van der Waals surface area contributed by atoms with Gasteiger partial charge in [0, 0.05) is 18.0 Å². The van der Waals surface area contributed by atoms with E-state index in [-0.39, 0.29) is 5.91 Å². The Balaban J connectivity index is 2.27. The van der Waals surface area contributed by atoms with E-state index in [0.29, 0.717) is 22.5 Å². The van der Waals surface area contributed by atoms with Crippen LogP contribution in [0.5, 0.6) is 0 Å². The molecule has 5 nitrogen and oxygen atoms in total. The molecule has 0 fully saturated rings. The number of aromatic nitrogens is 2. The molecule has 2 aromatic rings. The summed E-state index contributed by atoms with van der Waals surface area (Å²) in [5.74, 6) is -0.329. The topological polar surface area (TPSA) is 72.0 Å². The lowest BCUT2D eigenvalue weighted by atomic mass is 10.0. The van der Waals surface area contributed by atoms with E-state index >= 15 is 0 Å². The smallest absolute Gasteiger partial charge is 0.259 e. The molecular weight excluding hydrogens is 218 g/mol. The minimum absolute atomic E-state index is 0.351. The number of hydrogen-bond acceptors (Lipinski definition) is 4. The van der Waals surface area contributed by atoms with Gasteiger partial charge in [-0.2, -0.15) is 0 Å². The van der Waals surface area contributed by atoms with E-state index in [9.17, 15) is 9.59 Å². The molecule has 1 N–H and O–H groups in total. The molecule has 1 aromatic carbocycles. The number of nitrogens with one attached hydrogen (secondary N) is 1. The summed E-state index contributed by atoms with van der Waals surface area (Å²) in [4.78, 5) is 31.3. The molecule has 1 aliphatic rings. The van der Waals surface area contributed by atoms with Crippen molar-refractivity contribution in [1.29, 1.82) is 0 Å². The maximum absolute atomic E-state index is 11.7. The minimum Gasteiger partial charge on any atom is -0.288 e. The number of carbonyl (C=O) groups is 2. The minimum atomic E-state index is -0.395. The molecule has 2 amide bonds. The summed E-state index contributed by atoms with van der Waals surface area (Å²) < 4.78 is 0. The second-order valence-electron chi connectivity index (χ2n) is 3.58. The van der Waals surface area contributed by atoms with Crippen LogP contribution in [0, 0.1) is 0 Å². The summed E-state index contributed by atoms with van der Waals surface area (Å²) >= 11 is 0. The third kappa shape index (κ3) is 1.40. The first kappa shape index (κ1) is 9.65. The number of carbonyl (C=O) groups excluding carboxylic acids is 2. The van der Waals surface area contributed by atoms with Crippen LogP contribution in [0.4, 0.5) is 0 Å². The number of amides is 2. The highest BCUT2D eigenvalue weighted by atomic mass is 16.2. The first-order valence-electron chi connectivity index (χ1n) is 5.03. The standard InChI is InChI=1S/C12H7N3O2/c16-11-8-4-1-3-7(9(8)12(17)15-11)10-13-5-2-6-14-10/h1-6H,(H,15,16,17). The summed E-state index contributed by atoms with van der Waals surface area (Å²) in [6.07, 6.45) is 3.19. The highest BCUT2D eigenvalue weighted by Crippen LogP contribution is 2.26. The van der Waals surface area contributed by atoms with Gasteiger partial charge in [-0.1, -0.05) is 12.1 Å². The van der Waals surface area contributed by atoms with E-state index in [1.54, 1.807) is 36.7 Å². The Morgan fingerprint density at radius 2 is 1.59 bits per heavy atom. The summed E-state index contributed by atoms with van der Waals surface area (Å²) in [7, 11) is 0. The molecule has 1 aromatic heterocycles. The summed E-state index contributed by atoms with van der Waals surface area (Å²) in [5.41, 5.74) is 1.30. The van der Waals surface area contributed by atoms with E-state index < -0.39 is 5.91 Å². The fraction of sp³-hybridized carbons (Fsp3) is 0. The quantitative estimate of drug-likeness (QED) is 0.735. The van der Waals surface area contributed by atoms with Gasteiger partial charge in [-0.15, -0.1) is 0 Å². The zero-order valence-corrected chi connectivity index (χ0v) is 8.68. The van der Waals surface area contributed by atoms with Gasteiger partial charge in [0.25, 0.3) is 11.8 Å². The van der Waals surface area contributed by atoms with Crippen LogP contribution in [-0.2, 0) is 0 Å². The van der Waals surface area contributed by atoms with E-state index in [1.165, 1.54) is 0 Å². The van der Waals surface area contributed by atoms with Gasteiger partial charge in [-0.25, -0.2) is 9.97 Å². The highest BCUT2D eigenvalue weighted by Gasteiger charge is 2.30. The van der Waals surface area contributed by atoms with Crippen LogP contribution >= 0.6 is 0 Å². The average molecular weight is 225 g/mol. The van der Waals surface area contributed by atoms with Crippen molar-refractivity contribution < 1.29 is 9.59 Å². The number of benzene rings is 1. The Hall–Kier alpha value is -2.56. The number of nitrogens with zero attached hydrogens (tertiary/aromatic N) is 2. The lowest BCUT2D eigenvalue weighted by Crippen LogP contribution is -2.20. The number of fused-ring (bicyclic) bond motifs is 1. The molecule has 0 unspecified atom stereocenters. The van der Waals surface area contributed by atoms with Crippen molar-refractivity contribution in [2.24, 2.45) is 0 Å². The fourth-order valence-corrected chi connectivity index (χ4v) is 1.84. The fourth-order valence-electron chi connectivity index (χ4n) is 1.84. The van der Waals surface area contributed by atoms with E-state index in [4.69, 9.17) is 0 Å². The van der Waals surface area contributed by atoms with Crippen molar-refractivity contribution in [1.82, 2.24) is 15.3 Å². The van der Waals surface area contributed by atoms with Crippen LogP contribution < -0.4 is 5.32 Å². The zero-order valence-electron chi connectivity index (χ0n) is 8.68. The van der Waals surface area contributed by atoms with Crippen LogP contribution in [0.15, 0.2) is 36.7 Å². The normalized spacial score (nSPS) is 13.4. The molecule has 0 saturated heterocycles. The Kier molecular flexibility index (Phi) is 1.98. The highest BCUT2D eigenvalue weighted by molar-refractivity contribution is 6.23. The maximum atomic E-state index is 11.7. The van der Waals surface area contributed by atoms with E-state index in [1.807, 2.05) is 0 Å². The molecule has 0 saturated carbocycles. The number of hydrogen-bond donors (Lipinski definition) is 1. The molecule has 2 heterocycles. The molecular formula is C12H7N3O2. The SMILES string of the molecule is O=C1NC(=O)c2c1cccc2-c1ncccn1. The first-order valence-corrected chi connectivity index (χ1v) is 5.03. The Morgan fingerprint density at radius 1 is 0.882 bits per heavy atom. The average Bonchev–Trinajstić information content (AvgIpc) is 2.66. The van der Waals surface area contributed by atoms with E-state index in [0.717, 1.165) is 0 Å². The first-order chi connectivity index (χ1) is 8.27. The van der Waals surface area contributed by atoms with Crippen molar-refractivity contribution in [2.75, 3.05) is 0 Å². The van der Waals surface area contributed by atoms with Crippen molar-refractivity contribution in [3.05, 3.63) is 47.8 Å². The lowest BCUT2D eigenvalue weighted by molar-refractivity contribution is 0.0880. The van der Waals surface area contributed by atoms with Crippen molar-refractivity contribution in [3.8, 4) is 11.4 Å². The van der Waals surface area contributed by atoms with Crippen LogP contribution in [0.3, 0.4) is 0 Å². The van der Waals surface area contributed by atoms with Gasteiger partial charge < -0.3 is 0 Å². The van der Waals surface area contributed by atoms with E-state index in [2.05, 4.69) is 15.3 Å². The molecule has 5 heteroatoms. The second kappa shape index (κ2) is 3.48. The van der Waals surface area contributed by atoms with Gasteiger partial charge in [0.15, 0.2) is 5.82 Å². The van der Waals surface area contributed by atoms with Gasteiger partial charge >= 0.3 is 0 Å². The van der Waals surface area contributed by atoms with Crippen molar-refractivity contribution >= 4 is 11.8 Å². The number of imide groups is 1.